The number of rotatable bonds is 2. The summed E-state index contributed by atoms with van der Waals surface area (Å²) in [5.41, 5.74) is 0. The van der Waals surface area contributed by atoms with Gasteiger partial charge in [-0.15, -0.1) is 23.7 Å². The number of thiophene rings is 1. The van der Waals surface area contributed by atoms with Crippen molar-refractivity contribution in [2.75, 3.05) is 0 Å². The van der Waals surface area contributed by atoms with Gasteiger partial charge in [-0.25, -0.2) is 0 Å². The molecule has 58 valence electrons. The minimum atomic E-state index is 0.832. The van der Waals surface area contributed by atoms with Gasteiger partial charge in [0.05, 0.1) is 0 Å². The average molecular weight is 229 g/mol. The van der Waals surface area contributed by atoms with Crippen LogP contribution in [0.1, 0.15) is 16.2 Å². The van der Waals surface area contributed by atoms with Crippen molar-refractivity contribution in [2.45, 2.75) is 19.8 Å². The van der Waals surface area contributed by atoms with Crippen molar-refractivity contribution in [1.29, 1.82) is 0 Å². The van der Waals surface area contributed by atoms with Crippen LogP contribution in [-0.2, 0) is 6.42 Å². The molecule has 0 unspecified atom stereocenters. The van der Waals surface area contributed by atoms with Crippen molar-refractivity contribution in [3.8, 4) is 12.3 Å². The minimum Gasteiger partial charge on any atom is -0.144 e. The fourth-order valence-corrected chi connectivity index (χ4v) is 2.75. The lowest BCUT2D eigenvalue weighted by atomic mass is 10.3. The summed E-state index contributed by atoms with van der Waals surface area (Å²) in [7, 11) is 0. The first kappa shape index (κ1) is 8.83. The molecule has 0 N–H and O–H groups in total. The van der Waals surface area contributed by atoms with Crippen LogP contribution in [0.4, 0.5) is 0 Å². The number of terminal acetylenes is 1. The molecule has 0 aliphatic heterocycles. The van der Waals surface area contributed by atoms with Gasteiger partial charge >= 0.3 is 0 Å². The molecule has 0 radical (unpaired) electrons. The summed E-state index contributed by atoms with van der Waals surface area (Å²) in [6, 6.07) is 2.14. The topological polar surface area (TPSA) is 0 Å². The summed E-state index contributed by atoms with van der Waals surface area (Å²) in [5, 5.41) is 0. The second-order valence-corrected chi connectivity index (χ2v) is 4.53. The summed E-state index contributed by atoms with van der Waals surface area (Å²) >= 11 is 5.30. The van der Waals surface area contributed by atoms with E-state index in [1.807, 2.05) is 11.3 Å². The number of halogens is 1. The van der Waals surface area contributed by atoms with Crippen molar-refractivity contribution < 1.29 is 0 Å². The molecule has 0 aromatic carbocycles. The van der Waals surface area contributed by atoms with E-state index in [4.69, 9.17) is 6.42 Å². The Bertz CT molecular complexity index is 280. The molecule has 1 aromatic rings. The van der Waals surface area contributed by atoms with E-state index in [0.29, 0.717) is 0 Å². The summed E-state index contributed by atoms with van der Waals surface area (Å²) in [6.45, 7) is 2.11. The van der Waals surface area contributed by atoms with Crippen LogP contribution in [0.3, 0.4) is 0 Å². The second-order valence-electron chi connectivity index (χ2n) is 2.33. The maximum absolute atomic E-state index is 5.17. The molecule has 0 spiro atoms. The van der Waals surface area contributed by atoms with Gasteiger partial charge in [0.1, 0.15) is 0 Å². The Balaban J connectivity index is 2.71. The molecule has 1 aromatic heterocycles. The zero-order valence-corrected chi connectivity index (χ0v) is 8.76. The molecule has 0 bridgehead atoms. The molecular weight excluding hydrogens is 220 g/mol. The van der Waals surface area contributed by atoms with E-state index in [-0.39, 0.29) is 0 Å². The zero-order valence-electron chi connectivity index (χ0n) is 6.36. The highest BCUT2D eigenvalue weighted by atomic mass is 79.9. The van der Waals surface area contributed by atoms with Gasteiger partial charge in [-0.3, -0.25) is 0 Å². The molecule has 0 fully saturated rings. The van der Waals surface area contributed by atoms with Gasteiger partial charge in [-0.2, -0.15) is 0 Å². The molecule has 11 heavy (non-hydrogen) atoms. The molecule has 1 rings (SSSR count). The van der Waals surface area contributed by atoms with Crippen molar-refractivity contribution >= 4 is 27.3 Å². The number of hydrogen-bond acceptors (Lipinski definition) is 1. The standard InChI is InChI=1S/C9H9BrS/c1-3-4-5-9-8(10)6-7(2)11-9/h1,6H,4-5H2,2H3. The Kier molecular flexibility index (Phi) is 3.16. The van der Waals surface area contributed by atoms with Crippen molar-refractivity contribution in [1.82, 2.24) is 0 Å². The van der Waals surface area contributed by atoms with Crippen LogP contribution in [-0.4, -0.2) is 0 Å². The quantitative estimate of drug-likeness (QED) is 0.682. The number of hydrogen-bond donors (Lipinski definition) is 0. The molecule has 0 amide bonds. The minimum absolute atomic E-state index is 0.832. The molecule has 0 saturated carbocycles. The first-order valence-electron chi connectivity index (χ1n) is 3.42. The van der Waals surface area contributed by atoms with Crippen LogP contribution in [0, 0.1) is 19.3 Å². The first-order chi connectivity index (χ1) is 5.24. The van der Waals surface area contributed by atoms with Crippen LogP contribution in [0.2, 0.25) is 0 Å². The normalized spacial score (nSPS) is 9.55. The van der Waals surface area contributed by atoms with Gasteiger partial charge in [0.15, 0.2) is 0 Å². The van der Waals surface area contributed by atoms with E-state index in [1.54, 1.807) is 0 Å². The largest absolute Gasteiger partial charge is 0.144 e. The maximum Gasteiger partial charge on any atom is 0.0317 e. The van der Waals surface area contributed by atoms with E-state index in [1.165, 1.54) is 14.2 Å². The summed E-state index contributed by atoms with van der Waals surface area (Å²) < 4.78 is 1.20. The fraction of sp³-hybridized carbons (Fsp3) is 0.333. The molecule has 0 aliphatic carbocycles. The van der Waals surface area contributed by atoms with Gasteiger partial charge in [0.2, 0.25) is 0 Å². The summed E-state index contributed by atoms with van der Waals surface area (Å²) in [4.78, 5) is 2.70. The molecule has 0 aliphatic rings. The third-order valence-electron chi connectivity index (χ3n) is 1.38. The van der Waals surface area contributed by atoms with E-state index in [9.17, 15) is 0 Å². The van der Waals surface area contributed by atoms with Crippen molar-refractivity contribution in [3.63, 3.8) is 0 Å². The molecule has 0 atom stereocenters. The van der Waals surface area contributed by atoms with E-state index < -0.39 is 0 Å². The van der Waals surface area contributed by atoms with Gasteiger partial charge in [-0.05, 0) is 35.3 Å². The Hall–Kier alpha value is -0.260. The van der Waals surface area contributed by atoms with Gasteiger partial charge in [0.25, 0.3) is 0 Å². The lowest BCUT2D eigenvalue weighted by molar-refractivity contribution is 1.05. The molecule has 2 heteroatoms. The van der Waals surface area contributed by atoms with Gasteiger partial charge in [0, 0.05) is 20.6 Å². The highest BCUT2D eigenvalue weighted by Crippen LogP contribution is 2.27. The highest BCUT2D eigenvalue weighted by Gasteiger charge is 2.02. The predicted octanol–water partition coefficient (Wildman–Crippen LogP) is 3.38. The van der Waals surface area contributed by atoms with Gasteiger partial charge < -0.3 is 0 Å². The third kappa shape index (κ3) is 2.36. The molecule has 1 heterocycles. The second kappa shape index (κ2) is 3.94. The van der Waals surface area contributed by atoms with E-state index >= 15 is 0 Å². The van der Waals surface area contributed by atoms with Crippen molar-refractivity contribution in [3.05, 3.63) is 20.3 Å². The number of aryl methyl sites for hydroxylation is 2. The van der Waals surface area contributed by atoms with Crippen LogP contribution >= 0.6 is 27.3 Å². The lowest BCUT2D eigenvalue weighted by Crippen LogP contribution is -1.76. The average Bonchev–Trinajstić information content (AvgIpc) is 2.26. The monoisotopic (exact) mass is 228 g/mol. The van der Waals surface area contributed by atoms with Crippen molar-refractivity contribution in [2.24, 2.45) is 0 Å². The summed E-state index contributed by atoms with van der Waals surface area (Å²) in [6.07, 6.45) is 7.00. The fourth-order valence-electron chi connectivity index (χ4n) is 0.888. The Morgan fingerprint density at radius 2 is 2.45 bits per heavy atom. The Morgan fingerprint density at radius 3 is 2.91 bits per heavy atom. The molecular formula is C9H9BrS. The van der Waals surface area contributed by atoms with Crippen LogP contribution in [0.25, 0.3) is 0 Å². The molecule has 0 saturated heterocycles. The maximum atomic E-state index is 5.17. The van der Waals surface area contributed by atoms with Gasteiger partial charge in [-0.1, -0.05) is 0 Å². The van der Waals surface area contributed by atoms with Crippen LogP contribution < -0.4 is 0 Å². The first-order valence-corrected chi connectivity index (χ1v) is 5.03. The molecule has 0 nitrogen and oxygen atoms in total. The van der Waals surface area contributed by atoms with E-state index in [2.05, 4.69) is 34.8 Å². The smallest absolute Gasteiger partial charge is 0.0317 e. The van der Waals surface area contributed by atoms with Crippen LogP contribution in [0.5, 0.6) is 0 Å². The predicted molar refractivity (Wildman–Crippen MR) is 53.9 cm³/mol. The Morgan fingerprint density at radius 1 is 1.73 bits per heavy atom. The lowest BCUT2D eigenvalue weighted by Gasteiger charge is -1.90. The summed E-state index contributed by atoms with van der Waals surface area (Å²) in [5.74, 6) is 2.64. The Labute approximate surface area is 79.8 Å². The SMILES string of the molecule is C#CCCc1sc(C)cc1Br. The van der Waals surface area contributed by atoms with Crippen LogP contribution in [0.15, 0.2) is 10.5 Å². The highest BCUT2D eigenvalue weighted by molar-refractivity contribution is 9.10. The third-order valence-corrected chi connectivity index (χ3v) is 3.46. The zero-order chi connectivity index (χ0) is 8.27. The van der Waals surface area contributed by atoms with E-state index in [0.717, 1.165) is 12.8 Å².